The van der Waals surface area contributed by atoms with Gasteiger partial charge in [-0.15, -0.1) is 0 Å². The molecule has 8 nitrogen and oxygen atoms in total. The predicted molar refractivity (Wildman–Crippen MR) is 92.0 cm³/mol. The van der Waals surface area contributed by atoms with Crippen LogP contribution in [-0.2, 0) is 15.4 Å². The molecule has 4 rings (SSSR count). The molecule has 1 atom stereocenters. The predicted octanol–water partition coefficient (Wildman–Crippen LogP) is 2.51. The zero-order valence-corrected chi connectivity index (χ0v) is 16.2. The van der Waals surface area contributed by atoms with E-state index in [-0.39, 0.29) is 10.3 Å². The van der Waals surface area contributed by atoms with E-state index in [9.17, 15) is 8.42 Å². The Labute approximate surface area is 153 Å². The molecule has 0 bridgehead atoms. The molecular weight excluding hydrogens is 356 g/mol. The standard InChI is InChI=1S/C17H24N4O4S/c1-11-15(12(2)24-19-11)26(22,23)21-8-4-7-17(10-21,9-14-5-6-14)16-18-13(3)25-20-16/h14H,4-10H2,1-3H3. The fourth-order valence-electron chi connectivity index (χ4n) is 4.10. The van der Waals surface area contributed by atoms with E-state index in [4.69, 9.17) is 9.05 Å². The van der Waals surface area contributed by atoms with Crippen LogP contribution in [0.5, 0.6) is 0 Å². The van der Waals surface area contributed by atoms with Crippen molar-refractivity contribution < 1.29 is 17.5 Å². The zero-order chi connectivity index (χ0) is 18.5. The van der Waals surface area contributed by atoms with E-state index in [1.807, 2.05) is 0 Å². The highest BCUT2D eigenvalue weighted by Crippen LogP contribution is 2.46. The van der Waals surface area contributed by atoms with Crippen molar-refractivity contribution in [3.63, 3.8) is 0 Å². The molecule has 0 amide bonds. The van der Waals surface area contributed by atoms with Gasteiger partial charge in [0.2, 0.25) is 15.9 Å². The molecule has 9 heteroatoms. The van der Waals surface area contributed by atoms with E-state index in [2.05, 4.69) is 15.3 Å². The summed E-state index contributed by atoms with van der Waals surface area (Å²) in [5.41, 5.74) is 0.0136. The number of hydrogen-bond donors (Lipinski definition) is 0. The minimum atomic E-state index is -3.68. The fourth-order valence-corrected chi connectivity index (χ4v) is 5.95. The molecule has 3 heterocycles. The second kappa shape index (κ2) is 6.16. The molecule has 1 aliphatic heterocycles. The summed E-state index contributed by atoms with van der Waals surface area (Å²) >= 11 is 0. The number of aromatic nitrogens is 3. The summed E-state index contributed by atoms with van der Waals surface area (Å²) in [6.45, 7) is 5.91. The van der Waals surface area contributed by atoms with Crippen molar-refractivity contribution in [1.29, 1.82) is 0 Å². The van der Waals surface area contributed by atoms with Gasteiger partial charge in [0, 0.05) is 25.4 Å². The molecule has 2 aromatic rings. The summed E-state index contributed by atoms with van der Waals surface area (Å²) in [7, 11) is -3.68. The van der Waals surface area contributed by atoms with Crippen LogP contribution < -0.4 is 0 Å². The molecule has 1 unspecified atom stereocenters. The molecule has 1 saturated heterocycles. The van der Waals surface area contributed by atoms with Gasteiger partial charge in [-0.25, -0.2) is 8.42 Å². The first-order valence-electron chi connectivity index (χ1n) is 9.06. The lowest BCUT2D eigenvalue weighted by atomic mass is 9.75. The molecule has 0 spiro atoms. The van der Waals surface area contributed by atoms with Gasteiger partial charge in [0.05, 0.1) is 0 Å². The molecule has 2 fully saturated rings. The van der Waals surface area contributed by atoms with Gasteiger partial charge in [0.1, 0.15) is 10.6 Å². The van der Waals surface area contributed by atoms with Gasteiger partial charge in [-0.05, 0) is 39.0 Å². The lowest BCUT2D eigenvalue weighted by Crippen LogP contribution is -2.49. The van der Waals surface area contributed by atoms with Crippen LogP contribution in [0.15, 0.2) is 13.9 Å². The Balaban J connectivity index is 1.70. The van der Waals surface area contributed by atoms with Crippen molar-refractivity contribution in [3.8, 4) is 0 Å². The highest BCUT2D eigenvalue weighted by Gasteiger charge is 2.47. The van der Waals surface area contributed by atoms with E-state index in [0.29, 0.717) is 42.2 Å². The van der Waals surface area contributed by atoms with Crippen molar-refractivity contribution in [2.75, 3.05) is 13.1 Å². The number of nitrogens with zero attached hydrogens (tertiary/aromatic N) is 4. The highest BCUT2D eigenvalue weighted by atomic mass is 32.2. The van der Waals surface area contributed by atoms with E-state index >= 15 is 0 Å². The molecule has 142 valence electrons. The lowest BCUT2D eigenvalue weighted by Gasteiger charge is -2.40. The van der Waals surface area contributed by atoms with Crippen molar-refractivity contribution in [1.82, 2.24) is 19.6 Å². The van der Waals surface area contributed by atoms with Crippen LogP contribution in [0.3, 0.4) is 0 Å². The quantitative estimate of drug-likeness (QED) is 0.785. The molecule has 1 aliphatic carbocycles. The van der Waals surface area contributed by atoms with Gasteiger partial charge in [0.15, 0.2) is 11.6 Å². The van der Waals surface area contributed by atoms with Gasteiger partial charge < -0.3 is 9.05 Å². The minimum absolute atomic E-state index is 0.184. The Morgan fingerprint density at radius 3 is 2.54 bits per heavy atom. The Morgan fingerprint density at radius 2 is 1.96 bits per heavy atom. The van der Waals surface area contributed by atoms with E-state index in [1.165, 1.54) is 12.8 Å². The maximum absolute atomic E-state index is 13.3. The van der Waals surface area contributed by atoms with Gasteiger partial charge in [-0.1, -0.05) is 23.2 Å². The van der Waals surface area contributed by atoms with E-state index in [0.717, 1.165) is 19.3 Å². The molecule has 26 heavy (non-hydrogen) atoms. The second-order valence-electron chi connectivity index (χ2n) is 7.66. The summed E-state index contributed by atoms with van der Waals surface area (Å²) in [5.74, 6) is 2.10. The summed E-state index contributed by atoms with van der Waals surface area (Å²) < 4.78 is 38.4. The third kappa shape index (κ3) is 2.96. The van der Waals surface area contributed by atoms with Gasteiger partial charge in [0.25, 0.3) is 0 Å². The number of aryl methyl sites for hydroxylation is 3. The molecule has 0 aromatic carbocycles. The first-order valence-corrected chi connectivity index (χ1v) is 10.5. The molecular formula is C17H24N4O4S. The van der Waals surface area contributed by atoms with Crippen LogP contribution in [0.2, 0.25) is 0 Å². The van der Waals surface area contributed by atoms with Gasteiger partial charge in [-0.2, -0.15) is 9.29 Å². The average molecular weight is 380 g/mol. The third-order valence-corrected chi connectivity index (χ3v) is 7.58. The fraction of sp³-hybridized carbons (Fsp3) is 0.706. The number of sulfonamides is 1. The molecule has 2 aliphatic rings. The Kier molecular flexibility index (Phi) is 4.18. The van der Waals surface area contributed by atoms with Crippen molar-refractivity contribution in [3.05, 3.63) is 23.2 Å². The SMILES string of the molecule is Cc1nc(C2(CC3CC3)CCCN(S(=O)(=O)c3c(C)noc3C)C2)no1. The third-order valence-electron chi connectivity index (χ3n) is 5.49. The van der Waals surface area contributed by atoms with Crippen LogP contribution in [0.1, 0.15) is 55.3 Å². The number of hydrogen-bond acceptors (Lipinski definition) is 7. The summed E-state index contributed by atoms with van der Waals surface area (Å²) in [4.78, 5) is 4.66. The maximum atomic E-state index is 13.3. The molecule has 2 aromatic heterocycles. The van der Waals surface area contributed by atoms with E-state index in [1.54, 1.807) is 25.1 Å². The second-order valence-corrected chi connectivity index (χ2v) is 9.54. The van der Waals surface area contributed by atoms with Crippen LogP contribution >= 0.6 is 0 Å². The first-order chi connectivity index (χ1) is 12.3. The van der Waals surface area contributed by atoms with Crippen molar-refractivity contribution >= 4 is 10.0 Å². The van der Waals surface area contributed by atoms with E-state index < -0.39 is 10.0 Å². The monoisotopic (exact) mass is 380 g/mol. The average Bonchev–Trinajstić information content (AvgIpc) is 3.17. The maximum Gasteiger partial charge on any atom is 0.248 e. The topological polar surface area (TPSA) is 102 Å². The highest BCUT2D eigenvalue weighted by molar-refractivity contribution is 7.89. The molecule has 1 saturated carbocycles. The van der Waals surface area contributed by atoms with Gasteiger partial charge >= 0.3 is 0 Å². The Morgan fingerprint density at radius 1 is 1.19 bits per heavy atom. The minimum Gasteiger partial charge on any atom is -0.360 e. The molecule has 0 N–H and O–H groups in total. The van der Waals surface area contributed by atoms with Crippen molar-refractivity contribution in [2.24, 2.45) is 5.92 Å². The van der Waals surface area contributed by atoms with Gasteiger partial charge in [-0.3, -0.25) is 0 Å². The van der Waals surface area contributed by atoms with Crippen LogP contribution in [0.25, 0.3) is 0 Å². The van der Waals surface area contributed by atoms with Crippen LogP contribution in [-0.4, -0.2) is 41.1 Å². The normalized spacial score (nSPS) is 24.9. The lowest BCUT2D eigenvalue weighted by molar-refractivity contribution is 0.190. The summed E-state index contributed by atoms with van der Waals surface area (Å²) in [6.07, 6.45) is 4.92. The smallest absolute Gasteiger partial charge is 0.248 e. The number of piperidine rings is 1. The summed E-state index contributed by atoms with van der Waals surface area (Å²) in [6, 6.07) is 0. The van der Waals surface area contributed by atoms with Crippen LogP contribution in [0, 0.1) is 26.7 Å². The van der Waals surface area contributed by atoms with Crippen molar-refractivity contribution in [2.45, 2.75) is 63.2 Å². The first kappa shape index (κ1) is 17.7. The largest absolute Gasteiger partial charge is 0.360 e. The Hall–Kier alpha value is -1.74. The summed E-state index contributed by atoms with van der Waals surface area (Å²) in [5, 5.41) is 7.98. The molecule has 0 radical (unpaired) electrons. The Bertz CT molecular complexity index is 896. The van der Waals surface area contributed by atoms with Crippen LogP contribution in [0.4, 0.5) is 0 Å². The zero-order valence-electron chi connectivity index (χ0n) is 15.4. The number of rotatable bonds is 5.